The summed E-state index contributed by atoms with van der Waals surface area (Å²) in [5.41, 5.74) is 1.46. The number of ether oxygens (including phenoxy) is 1. The summed E-state index contributed by atoms with van der Waals surface area (Å²) in [4.78, 5) is 12.0. The summed E-state index contributed by atoms with van der Waals surface area (Å²) in [5, 5.41) is 2.76. The van der Waals surface area contributed by atoms with Crippen LogP contribution in [0.1, 0.15) is 26.3 Å². The third-order valence-corrected chi connectivity index (χ3v) is 4.91. The molecule has 1 atom stereocenters. The summed E-state index contributed by atoms with van der Waals surface area (Å²) in [6.45, 7) is 7.26. The van der Waals surface area contributed by atoms with Crippen LogP contribution in [0.5, 0.6) is 5.75 Å². The van der Waals surface area contributed by atoms with Gasteiger partial charge in [-0.05, 0) is 69.7 Å². The van der Waals surface area contributed by atoms with E-state index >= 15 is 0 Å². The molecule has 0 radical (unpaired) electrons. The molecular weight excluding hydrogens is 352 g/mol. The highest BCUT2D eigenvalue weighted by Gasteiger charge is 2.17. The van der Waals surface area contributed by atoms with E-state index < -0.39 is 16.1 Å². The number of hydrogen-bond acceptors (Lipinski definition) is 4. The van der Waals surface area contributed by atoms with Crippen LogP contribution >= 0.6 is 0 Å². The molecule has 0 unspecified atom stereocenters. The van der Waals surface area contributed by atoms with Gasteiger partial charge in [0.05, 0.1) is 4.90 Å². The first-order chi connectivity index (χ1) is 12.2. The molecule has 1 amide bonds. The quantitative estimate of drug-likeness (QED) is 0.778. The summed E-state index contributed by atoms with van der Waals surface area (Å²) >= 11 is 0. The zero-order valence-corrected chi connectivity index (χ0v) is 16.1. The van der Waals surface area contributed by atoms with Crippen molar-refractivity contribution in [3.05, 3.63) is 54.1 Å². The van der Waals surface area contributed by atoms with E-state index in [1.807, 2.05) is 26.8 Å². The maximum atomic E-state index is 12.5. The molecule has 2 aromatic carbocycles. The Bertz CT molecular complexity index is 861. The van der Waals surface area contributed by atoms with Gasteiger partial charge >= 0.3 is 0 Å². The van der Waals surface area contributed by atoms with Crippen LogP contribution in [0.2, 0.25) is 0 Å². The monoisotopic (exact) mass is 376 g/mol. The van der Waals surface area contributed by atoms with Crippen LogP contribution in [0.15, 0.2) is 53.4 Å². The molecule has 0 aliphatic carbocycles. The second-order valence-electron chi connectivity index (χ2n) is 6.37. The molecule has 26 heavy (non-hydrogen) atoms. The van der Waals surface area contributed by atoms with Crippen molar-refractivity contribution >= 4 is 21.6 Å². The van der Waals surface area contributed by atoms with E-state index in [9.17, 15) is 13.2 Å². The van der Waals surface area contributed by atoms with Crippen molar-refractivity contribution < 1.29 is 17.9 Å². The van der Waals surface area contributed by atoms with Crippen molar-refractivity contribution in [1.82, 2.24) is 5.32 Å². The SMILES string of the molecule is Cc1cccc(NS(=O)(=O)c2ccc(O[C@H](C)C(=O)NC(C)C)cc2)c1. The van der Waals surface area contributed by atoms with Gasteiger partial charge in [-0.1, -0.05) is 12.1 Å². The van der Waals surface area contributed by atoms with Gasteiger partial charge in [0, 0.05) is 11.7 Å². The minimum Gasteiger partial charge on any atom is -0.481 e. The summed E-state index contributed by atoms with van der Waals surface area (Å²) in [5.74, 6) is 0.198. The van der Waals surface area contributed by atoms with Gasteiger partial charge in [-0.15, -0.1) is 0 Å². The van der Waals surface area contributed by atoms with Crippen LogP contribution in [0, 0.1) is 6.92 Å². The first-order valence-electron chi connectivity index (χ1n) is 8.34. The van der Waals surface area contributed by atoms with E-state index in [0.29, 0.717) is 11.4 Å². The Morgan fingerprint density at radius 3 is 2.27 bits per heavy atom. The molecule has 6 nitrogen and oxygen atoms in total. The van der Waals surface area contributed by atoms with Crippen LogP contribution in [0.3, 0.4) is 0 Å². The fraction of sp³-hybridized carbons (Fsp3) is 0.316. The zero-order chi connectivity index (χ0) is 19.3. The topological polar surface area (TPSA) is 84.5 Å². The fourth-order valence-electron chi connectivity index (χ4n) is 2.28. The molecule has 0 saturated carbocycles. The van der Waals surface area contributed by atoms with Crippen LogP contribution in [0.4, 0.5) is 5.69 Å². The van der Waals surface area contributed by atoms with Crippen LogP contribution < -0.4 is 14.8 Å². The summed E-state index contributed by atoms with van der Waals surface area (Å²) in [6.07, 6.45) is -0.676. The molecule has 0 aliphatic heterocycles. The van der Waals surface area contributed by atoms with Crippen LogP contribution in [-0.2, 0) is 14.8 Å². The fourth-order valence-corrected chi connectivity index (χ4v) is 3.33. The van der Waals surface area contributed by atoms with Crippen molar-refractivity contribution in [3.63, 3.8) is 0 Å². The molecular formula is C19H24N2O4S. The first-order valence-corrected chi connectivity index (χ1v) is 9.82. The third kappa shape index (κ3) is 5.49. The smallest absolute Gasteiger partial charge is 0.261 e. The van der Waals surface area contributed by atoms with Gasteiger partial charge < -0.3 is 10.1 Å². The predicted octanol–water partition coefficient (Wildman–Crippen LogP) is 3.09. The van der Waals surface area contributed by atoms with Crippen LogP contribution in [0.25, 0.3) is 0 Å². The molecule has 2 rings (SSSR count). The van der Waals surface area contributed by atoms with Crippen molar-refractivity contribution in [3.8, 4) is 5.75 Å². The number of carbonyl (C=O) groups is 1. The summed E-state index contributed by atoms with van der Waals surface area (Å²) in [6, 6.07) is 13.1. The highest BCUT2D eigenvalue weighted by atomic mass is 32.2. The molecule has 0 bridgehead atoms. The van der Waals surface area contributed by atoms with E-state index in [1.54, 1.807) is 25.1 Å². The highest BCUT2D eigenvalue weighted by Crippen LogP contribution is 2.20. The Hall–Kier alpha value is -2.54. The van der Waals surface area contributed by atoms with Gasteiger partial charge in [0.1, 0.15) is 5.75 Å². The Morgan fingerprint density at radius 2 is 1.69 bits per heavy atom. The lowest BCUT2D eigenvalue weighted by Gasteiger charge is -2.16. The average molecular weight is 376 g/mol. The van der Waals surface area contributed by atoms with E-state index in [2.05, 4.69) is 10.0 Å². The molecule has 0 spiro atoms. The maximum Gasteiger partial charge on any atom is 0.261 e. The molecule has 0 heterocycles. The lowest BCUT2D eigenvalue weighted by atomic mass is 10.2. The van der Waals surface area contributed by atoms with Gasteiger partial charge in [-0.2, -0.15) is 0 Å². The van der Waals surface area contributed by atoms with Crippen LogP contribution in [-0.4, -0.2) is 26.5 Å². The number of nitrogens with one attached hydrogen (secondary N) is 2. The standard InChI is InChI=1S/C19H24N2O4S/c1-13(2)20-19(22)15(4)25-17-8-10-18(11-9-17)26(23,24)21-16-7-5-6-14(3)12-16/h5-13,15,21H,1-4H3,(H,20,22)/t15-/m1/s1. The summed E-state index contributed by atoms with van der Waals surface area (Å²) in [7, 11) is -3.69. The molecule has 2 aromatic rings. The molecule has 2 N–H and O–H groups in total. The molecule has 0 aliphatic rings. The van der Waals surface area contributed by atoms with E-state index in [-0.39, 0.29) is 16.8 Å². The minimum absolute atomic E-state index is 0.0220. The largest absolute Gasteiger partial charge is 0.481 e. The number of carbonyl (C=O) groups excluding carboxylic acids is 1. The molecule has 0 aromatic heterocycles. The number of hydrogen-bond donors (Lipinski definition) is 2. The Morgan fingerprint density at radius 1 is 1.04 bits per heavy atom. The van der Waals surface area contributed by atoms with Gasteiger partial charge in [0.25, 0.3) is 15.9 Å². The first kappa shape index (κ1) is 19.8. The lowest BCUT2D eigenvalue weighted by molar-refractivity contribution is -0.127. The Balaban J connectivity index is 2.07. The maximum absolute atomic E-state index is 12.5. The van der Waals surface area contributed by atoms with Crippen molar-refractivity contribution in [2.45, 2.75) is 44.7 Å². The number of benzene rings is 2. The Kier molecular flexibility index (Phi) is 6.26. The molecule has 0 fully saturated rings. The molecule has 140 valence electrons. The predicted molar refractivity (Wildman–Crippen MR) is 102 cm³/mol. The van der Waals surface area contributed by atoms with Crippen molar-refractivity contribution in [2.75, 3.05) is 4.72 Å². The second kappa shape index (κ2) is 8.23. The summed E-state index contributed by atoms with van der Waals surface area (Å²) < 4.78 is 33.0. The number of aryl methyl sites for hydroxylation is 1. The third-order valence-electron chi connectivity index (χ3n) is 3.52. The van der Waals surface area contributed by atoms with Gasteiger partial charge in [0.2, 0.25) is 0 Å². The van der Waals surface area contributed by atoms with E-state index in [4.69, 9.17) is 4.74 Å². The zero-order valence-electron chi connectivity index (χ0n) is 15.3. The lowest BCUT2D eigenvalue weighted by Crippen LogP contribution is -2.40. The minimum atomic E-state index is -3.69. The molecule has 0 saturated heterocycles. The van der Waals surface area contributed by atoms with Gasteiger partial charge in [0.15, 0.2) is 6.10 Å². The second-order valence-corrected chi connectivity index (χ2v) is 8.05. The Labute approximate surface area is 154 Å². The van der Waals surface area contributed by atoms with Crippen molar-refractivity contribution in [1.29, 1.82) is 0 Å². The number of anilines is 1. The normalized spacial score (nSPS) is 12.5. The van der Waals surface area contributed by atoms with Gasteiger partial charge in [-0.25, -0.2) is 8.42 Å². The highest BCUT2D eigenvalue weighted by molar-refractivity contribution is 7.92. The van der Waals surface area contributed by atoms with Gasteiger partial charge in [-0.3, -0.25) is 9.52 Å². The van der Waals surface area contributed by atoms with Crippen molar-refractivity contribution in [2.24, 2.45) is 0 Å². The average Bonchev–Trinajstić information content (AvgIpc) is 2.54. The van der Waals surface area contributed by atoms with E-state index in [0.717, 1.165) is 5.56 Å². The molecule has 7 heteroatoms. The number of rotatable bonds is 7. The number of sulfonamides is 1. The van der Waals surface area contributed by atoms with E-state index in [1.165, 1.54) is 24.3 Å². The number of amides is 1.